The molecule has 0 bridgehead atoms. The Morgan fingerprint density at radius 3 is 2.59 bits per heavy atom. The van der Waals surface area contributed by atoms with Crippen molar-refractivity contribution in [2.24, 2.45) is 5.73 Å². The van der Waals surface area contributed by atoms with E-state index in [1.54, 1.807) is 0 Å². The molecule has 0 aromatic heterocycles. The summed E-state index contributed by atoms with van der Waals surface area (Å²) in [6.07, 6.45) is 9.56. The molecule has 1 aliphatic rings. The van der Waals surface area contributed by atoms with Gasteiger partial charge in [0.1, 0.15) is 6.17 Å². The number of nitrogens with zero attached hydrogens (tertiary/aromatic N) is 2. The number of halogens is 1. The lowest BCUT2D eigenvalue weighted by atomic mass is 10.2. The molecule has 2 N–H and O–H groups in total. The summed E-state index contributed by atoms with van der Waals surface area (Å²) in [5, 5.41) is 0. The number of rotatable bonds is 7. The van der Waals surface area contributed by atoms with E-state index >= 15 is 0 Å². The SMILES string of the molecule is CCCCCCN1C=CN(C)C1CC(N)=O.Cl. The van der Waals surface area contributed by atoms with Gasteiger partial charge >= 0.3 is 0 Å². The second kappa shape index (κ2) is 8.23. The zero-order valence-corrected chi connectivity index (χ0v) is 11.6. The average molecular weight is 262 g/mol. The van der Waals surface area contributed by atoms with Crippen molar-refractivity contribution in [1.29, 1.82) is 0 Å². The Balaban J connectivity index is 0.00000256. The molecular formula is C12H24ClN3O. The van der Waals surface area contributed by atoms with Crippen LogP contribution in [0.25, 0.3) is 0 Å². The summed E-state index contributed by atoms with van der Waals surface area (Å²) in [5.41, 5.74) is 5.25. The van der Waals surface area contributed by atoms with Crippen molar-refractivity contribution in [1.82, 2.24) is 9.80 Å². The third-order valence-electron chi connectivity index (χ3n) is 3.00. The monoisotopic (exact) mass is 261 g/mol. The lowest BCUT2D eigenvalue weighted by Crippen LogP contribution is -2.40. The van der Waals surface area contributed by atoms with Crippen molar-refractivity contribution in [3.63, 3.8) is 0 Å². The van der Waals surface area contributed by atoms with Crippen molar-refractivity contribution in [3.05, 3.63) is 12.4 Å². The van der Waals surface area contributed by atoms with Crippen molar-refractivity contribution in [2.45, 2.75) is 45.2 Å². The molecule has 100 valence electrons. The molecule has 0 radical (unpaired) electrons. The molecule has 1 aliphatic heterocycles. The molecule has 0 fully saturated rings. The average Bonchev–Trinajstić information content (AvgIpc) is 2.56. The molecule has 0 aromatic rings. The number of carbonyl (C=O) groups excluding carboxylic acids is 1. The molecule has 0 saturated carbocycles. The zero-order chi connectivity index (χ0) is 12.0. The predicted octanol–water partition coefficient (Wildman–Crippen LogP) is 1.91. The maximum Gasteiger partial charge on any atom is 0.221 e. The molecule has 0 aliphatic carbocycles. The smallest absolute Gasteiger partial charge is 0.221 e. The number of unbranched alkanes of at least 4 members (excludes halogenated alkanes) is 3. The van der Waals surface area contributed by atoms with E-state index in [-0.39, 0.29) is 24.5 Å². The first-order valence-electron chi connectivity index (χ1n) is 6.09. The molecule has 1 unspecified atom stereocenters. The van der Waals surface area contributed by atoms with Crippen LogP contribution in [-0.4, -0.2) is 35.5 Å². The zero-order valence-electron chi connectivity index (χ0n) is 10.8. The van der Waals surface area contributed by atoms with Crippen LogP contribution in [-0.2, 0) is 4.79 Å². The molecular weight excluding hydrogens is 238 g/mol. The van der Waals surface area contributed by atoms with Crippen molar-refractivity contribution >= 4 is 18.3 Å². The van der Waals surface area contributed by atoms with Crippen LogP contribution in [0.3, 0.4) is 0 Å². The van der Waals surface area contributed by atoms with E-state index in [1.807, 2.05) is 18.1 Å². The Bertz CT molecular complexity index is 258. The van der Waals surface area contributed by atoms with Gasteiger partial charge in [-0.1, -0.05) is 26.2 Å². The Morgan fingerprint density at radius 2 is 2.00 bits per heavy atom. The summed E-state index contributed by atoms with van der Waals surface area (Å²) >= 11 is 0. The molecule has 0 saturated heterocycles. The molecule has 1 amide bonds. The molecule has 0 aromatic carbocycles. The Labute approximate surface area is 110 Å². The summed E-state index contributed by atoms with van der Waals surface area (Å²) in [6.45, 7) is 3.22. The van der Waals surface area contributed by atoms with Gasteiger partial charge in [0, 0.05) is 26.0 Å². The number of primary amides is 1. The summed E-state index contributed by atoms with van der Waals surface area (Å²) in [7, 11) is 1.98. The van der Waals surface area contributed by atoms with E-state index < -0.39 is 0 Å². The summed E-state index contributed by atoms with van der Waals surface area (Å²) in [6, 6.07) is 0. The van der Waals surface area contributed by atoms with Gasteiger partial charge in [-0.05, 0) is 6.42 Å². The first kappa shape index (κ1) is 16.1. The summed E-state index contributed by atoms with van der Waals surface area (Å²) < 4.78 is 0. The Morgan fingerprint density at radius 1 is 1.29 bits per heavy atom. The van der Waals surface area contributed by atoms with Gasteiger partial charge in [0.2, 0.25) is 5.91 Å². The maximum atomic E-state index is 11.0. The highest BCUT2D eigenvalue weighted by atomic mass is 35.5. The molecule has 1 atom stereocenters. The van der Waals surface area contributed by atoms with Crippen molar-refractivity contribution < 1.29 is 4.79 Å². The third-order valence-corrected chi connectivity index (χ3v) is 3.00. The number of hydrogen-bond donors (Lipinski definition) is 1. The highest BCUT2D eigenvalue weighted by molar-refractivity contribution is 5.85. The summed E-state index contributed by atoms with van der Waals surface area (Å²) in [4.78, 5) is 15.2. The van der Waals surface area contributed by atoms with Crippen molar-refractivity contribution in [3.8, 4) is 0 Å². The van der Waals surface area contributed by atoms with Crippen LogP contribution in [0.15, 0.2) is 12.4 Å². The predicted molar refractivity (Wildman–Crippen MR) is 72.6 cm³/mol. The molecule has 17 heavy (non-hydrogen) atoms. The van der Waals surface area contributed by atoms with E-state index in [0.717, 1.165) is 6.54 Å². The normalized spacial score (nSPS) is 18.4. The van der Waals surface area contributed by atoms with Crippen LogP contribution < -0.4 is 5.73 Å². The fraction of sp³-hybridized carbons (Fsp3) is 0.750. The first-order valence-corrected chi connectivity index (χ1v) is 6.09. The van der Waals surface area contributed by atoms with E-state index in [0.29, 0.717) is 6.42 Å². The number of nitrogens with two attached hydrogens (primary N) is 1. The highest BCUT2D eigenvalue weighted by Crippen LogP contribution is 2.17. The van der Waals surface area contributed by atoms with E-state index in [9.17, 15) is 4.79 Å². The van der Waals surface area contributed by atoms with Gasteiger partial charge in [0.05, 0.1) is 6.42 Å². The standard InChI is InChI=1S/C12H23N3O.ClH/c1-3-4-5-6-7-15-9-8-14(2)12(15)10-11(13)16;/h8-9,12H,3-7,10H2,1-2H3,(H2,13,16);1H. The number of hydrogen-bond acceptors (Lipinski definition) is 3. The largest absolute Gasteiger partial charge is 0.370 e. The van der Waals surface area contributed by atoms with Crippen LogP contribution in [0, 0.1) is 0 Å². The first-order chi connectivity index (χ1) is 7.65. The molecule has 1 rings (SSSR count). The van der Waals surface area contributed by atoms with Crippen LogP contribution >= 0.6 is 12.4 Å². The summed E-state index contributed by atoms with van der Waals surface area (Å²) in [5.74, 6) is -0.237. The van der Waals surface area contributed by atoms with Gasteiger partial charge in [0.25, 0.3) is 0 Å². The second-order valence-electron chi connectivity index (χ2n) is 4.41. The topological polar surface area (TPSA) is 49.6 Å². The minimum absolute atomic E-state index is 0. The number of amides is 1. The lowest BCUT2D eigenvalue weighted by Gasteiger charge is -2.29. The Kier molecular flexibility index (Phi) is 7.79. The minimum Gasteiger partial charge on any atom is -0.370 e. The van der Waals surface area contributed by atoms with Gasteiger partial charge in [-0.2, -0.15) is 0 Å². The molecule has 5 heteroatoms. The quantitative estimate of drug-likeness (QED) is 0.713. The van der Waals surface area contributed by atoms with Gasteiger partial charge in [-0.25, -0.2) is 0 Å². The van der Waals surface area contributed by atoms with Crippen LogP contribution in [0.2, 0.25) is 0 Å². The van der Waals surface area contributed by atoms with E-state index in [4.69, 9.17) is 5.73 Å². The minimum atomic E-state index is -0.237. The van der Waals surface area contributed by atoms with Crippen molar-refractivity contribution in [2.75, 3.05) is 13.6 Å². The highest BCUT2D eigenvalue weighted by Gasteiger charge is 2.24. The fourth-order valence-corrected chi connectivity index (χ4v) is 2.01. The molecule has 4 nitrogen and oxygen atoms in total. The van der Waals surface area contributed by atoms with Crippen LogP contribution in [0.1, 0.15) is 39.0 Å². The van der Waals surface area contributed by atoms with Gasteiger partial charge in [-0.3, -0.25) is 4.79 Å². The Hall–Kier alpha value is -0.900. The lowest BCUT2D eigenvalue weighted by molar-refractivity contribution is -0.119. The molecule has 1 heterocycles. The van der Waals surface area contributed by atoms with Gasteiger partial charge in [-0.15, -0.1) is 12.4 Å². The van der Waals surface area contributed by atoms with Gasteiger partial charge < -0.3 is 15.5 Å². The number of carbonyl (C=O) groups is 1. The van der Waals surface area contributed by atoms with E-state index in [1.165, 1.54) is 25.7 Å². The molecule has 0 spiro atoms. The third kappa shape index (κ3) is 5.31. The van der Waals surface area contributed by atoms with Gasteiger partial charge in [0.15, 0.2) is 0 Å². The van der Waals surface area contributed by atoms with Crippen LogP contribution in [0.4, 0.5) is 0 Å². The van der Waals surface area contributed by atoms with Crippen LogP contribution in [0.5, 0.6) is 0 Å². The van der Waals surface area contributed by atoms with E-state index in [2.05, 4.69) is 18.0 Å². The second-order valence-corrected chi connectivity index (χ2v) is 4.41. The fourth-order valence-electron chi connectivity index (χ4n) is 2.01. The maximum absolute atomic E-state index is 11.0.